The number of benzene rings is 2. The van der Waals surface area contributed by atoms with Crippen LogP contribution in [0.25, 0.3) is 0 Å². The molecule has 1 aromatic heterocycles. The predicted octanol–water partition coefficient (Wildman–Crippen LogP) is 5.86. The van der Waals surface area contributed by atoms with Gasteiger partial charge < -0.3 is 0 Å². The molecule has 147 valence electrons. The van der Waals surface area contributed by atoms with Crippen LogP contribution in [0.5, 0.6) is 0 Å². The summed E-state index contributed by atoms with van der Waals surface area (Å²) < 4.78 is 3.18. The molecule has 2 aromatic carbocycles. The van der Waals surface area contributed by atoms with Crippen LogP contribution in [-0.4, -0.2) is 14.2 Å². The fourth-order valence-electron chi connectivity index (χ4n) is 2.67. The standard InChI is InChI=1S/2C9H10N.C5H4N.ClH.Fe/c2*1-3-10-9-7-5-4-6-8(9)2;1-2-4-6-5-3-1;;/h2*4-7H,1-2H3;1-4H;1H;. The molecule has 3 nitrogen and oxygen atoms in total. The van der Waals surface area contributed by atoms with Crippen molar-refractivity contribution in [2.45, 2.75) is 27.7 Å². The summed E-state index contributed by atoms with van der Waals surface area (Å²) in [5.74, 6) is 0. The Hall–Kier alpha value is -2.26. The Balaban J connectivity index is 0.00000280. The van der Waals surface area contributed by atoms with Crippen molar-refractivity contribution in [2.75, 3.05) is 0 Å². The van der Waals surface area contributed by atoms with Crippen LogP contribution in [0.15, 0.2) is 82.9 Å². The number of pyridine rings is 1. The van der Waals surface area contributed by atoms with E-state index in [1.807, 2.05) is 42.6 Å². The first-order valence-electron chi connectivity index (χ1n) is 8.85. The molecule has 0 atom stereocenters. The van der Waals surface area contributed by atoms with Gasteiger partial charge in [-0.25, -0.2) is 0 Å². The first-order chi connectivity index (χ1) is 13.1. The molecule has 0 aliphatic carbocycles. The normalized spacial score (nSPS) is 12.4. The topological polar surface area (TPSA) is 37.6 Å². The molecular formula is C23H25ClFeN3. The van der Waals surface area contributed by atoms with E-state index in [0.717, 1.165) is 25.2 Å². The van der Waals surface area contributed by atoms with E-state index in [1.165, 1.54) is 11.1 Å². The second-order valence-electron chi connectivity index (χ2n) is 6.16. The van der Waals surface area contributed by atoms with Gasteiger partial charge in [0.05, 0.1) is 0 Å². The van der Waals surface area contributed by atoms with E-state index in [4.69, 9.17) is 9.98 Å². The molecule has 28 heavy (non-hydrogen) atoms. The number of aryl methyl sites for hydroxylation is 2. The summed E-state index contributed by atoms with van der Waals surface area (Å²) in [5, 5.41) is 0. The van der Waals surface area contributed by atoms with Crippen molar-refractivity contribution in [1.29, 1.82) is 0 Å². The third-order valence-corrected chi connectivity index (χ3v) is 6.83. The number of nitrogens with zero attached hydrogens (tertiary/aromatic N) is 3. The summed E-state index contributed by atoms with van der Waals surface area (Å²) in [6.45, 7) is 8.37. The Morgan fingerprint density at radius 3 is 1.61 bits per heavy atom. The van der Waals surface area contributed by atoms with Crippen molar-refractivity contribution in [3.8, 4) is 0 Å². The molecule has 0 unspecified atom stereocenters. The van der Waals surface area contributed by atoms with E-state index >= 15 is 0 Å². The van der Waals surface area contributed by atoms with Gasteiger partial charge in [0.25, 0.3) is 0 Å². The van der Waals surface area contributed by atoms with E-state index in [0.29, 0.717) is 0 Å². The minimum absolute atomic E-state index is 0. The zero-order valence-corrected chi connectivity index (χ0v) is 18.5. The van der Waals surface area contributed by atoms with Crippen molar-refractivity contribution < 1.29 is 13.9 Å². The van der Waals surface area contributed by atoms with E-state index in [-0.39, 0.29) is 12.4 Å². The van der Waals surface area contributed by atoms with Crippen LogP contribution in [0.2, 0.25) is 0 Å². The van der Waals surface area contributed by atoms with Crippen LogP contribution < -0.4 is 4.59 Å². The predicted molar refractivity (Wildman–Crippen MR) is 119 cm³/mol. The van der Waals surface area contributed by atoms with Gasteiger partial charge in [0.1, 0.15) is 0 Å². The fraction of sp³-hybridized carbons (Fsp3) is 0.174. The van der Waals surface area contributed by atoms with Crippen LogP contribution in [0.3, 0.4) is 0 Å². The van der Waals surface area contributed by atoms with E-state index in [9.17, 15) is 0 Å². The van der Waals surface area contributed by atoms with Gasteiger partial charge in [0, 0.05) is 0 Å². The molecule has 1 heterocycles. The Labute approximate surface area is 178 Å². The van der Waals surface area contributed by atoms with Gasteiger partial charge in [0.2, 0.25) is 0 Å². The van der Waals surface area contributed by atoms with Gasteiger partial charge in [-0.1, -0.05) is 0 Å². The summed E-state index contributed by atoms with van der Waals surface area (Å²) in [6.07, 6.45) is 1.84. The number of rotatable bonds is 5. The third-order valence-electron chi connectivity index (χ3n) is 4.09. The average Bonchev–Trinajstić information content (AvgIpc) is 2.66. The quantitative estimate of drug-likeness (QED) is 0.366. The van der Waals surface area contributed by atoms with Gasteiger partial charge in [-0.05, 0) is 0 Å². The molecule has 5 heteroatoms. The summed E-state index contributed by atoms with van der Waals surface area (Å²) in [6, 6.07) is 22.5. The molecule has 0 fully saturated rings. The summed E-state index contributed by atoms with van der Waals surface area (Å²) >= 11 is -1.09. The fourth-order valence-corrected chi connectivity index (χ4v) is 5.10. The second kappa shape index (κ2) is 10.3. The first kappa shape index (κ1) is 22.0. The maximum absolute atomic E-state index is 4.95. The van der Waals surface area contributed by atoms with Gasteiger partial charge in [0.15, 0.2) is 0 Å². The summed E-state index contributed by atoms with van der Waals surface area (Å²) in [7, 11) is 0. The Bertz CT molecular complexity index is 922. The Kier molecular flexibility index (Phi) is 8.13. The first-order valence-corrected chi connectivity index (χ1v) is 10.5. The molecule has 0 aliphatic rings. The molecule has 3 rings (SSSR count). The third kappa shape index (κ3) is 5.39. The van der Waals surface area contributed by atoms with Gasteiger partial charge in [-0.3, -0.25) is 0 Å². The molecular weight excluding hydrogens is 410 g/mol. The van der Waals surface area contributed by atoms with Gasteiger partial charge in [-0.2, -0.15) is 0 Å². The Morgan fingerprint density at radius 2 is 1.18 bits per heavy atom. The molecule has 0 bridgehead atoms. The number of hydrogen-bond donors (Lipinski definition) is 0. The maximum Gasteiger partial charge on any atom is -0.147 e. The van der Waals surface area contributed by atoms with Crippen LogP contribution >= 0.6 is 12.4 Å². The zero-order valence-electron chi connectivity index (χ0n) is 16.5. The number of halogens is 1. The number of hydrogen-bond acceptors (Lipinski definition) is 3. The largest absolute Gasteiger partial charge is 0.147 e. The zero-order chi connectivity index (χ0) is 19.2. The monoisotopic (exact) mass is 434 g/mol. The molecule has 3 aromatic rings. The van der Waals surface area contributed by atoms with Gasteiger partial charge >= 0.3 is 166 Å². The van der Waals surface area contributed by atoms with E-state index < -0.39 is 13.9 Å². The van der Waals surface area contributed by atoms with Gasteiger partial charge in [-0.15, -0.1) is 12.4 Å². The number of para-hydroxylation sites is 2. The van der Waals surface area contributed by atoms with E-state index in [1.54, 1.807) is 0 Å². The SMILES string of the molecule is C[C](=Nc1ccccc1C)[Fe]([C](C)=Nc1ccccc1C)[c]1ccccn1.Cl. The van der Waals surface area contributed by atoms with Crippen LogP contribution in [-0.2, 0) is 13.9 Å². The van der Waals surface area contributed by atoms with Crippen LogP contribution in [0.4, 0.5) is 11.4 Å². The number of aromatic nitrogens is 1. The average molecular weight is 435 g/mol. The Morgan fingerprint density at radius 1 is 0.714 bits per heavy atom. The van der Waals surface area contributed by atoms with Crippen LogP contribution in [0.1, 0.15) is 25.0 Å². The summed E-state index contributed by atoms with van der Waals surface area (Å²) in [5.41, 5.74) is 4.35. The van der Waals surface area contributed by atoms with Crippen molar-refractivity contribution in [1.82, 2.24) is 4.98 Å². The molecule has 0 amide bonds. The second-order valence-corrected chi connectivity index (χ2v) is 9.15. The van der Waals surface area contributed by atoms with Crippen molar-refractivity contribution in [3.05, 3.63) is 84.1 Å². The van der Waals surface area contributed by atoms with Crippen molar-refractivity contribution >= 4 is 37.6 Å². The molecule has 0 spiro atoms. The minimum atomic E-state index is -1.09. The van der Waals surface area contributed by atoms with Crippen molar-refractivity contribution in [2.24, 2.45) is 9.98 Å². The smallest absolute Gasteiger partial charge is 0.147 e. The number of aliphatic imine (C=N–C) groups is 2. The van der Waals surface area contributed by atoms with E-state index in [2.05, 4.69) is 63.0 Å². The summed E-state index contributed by atoms with van der Waals surface area (Å²) in [4.78, 5) is 14.5. The van der Waals surface area contributed by atoms with Crippen LogP contribution in [0, 0.1) is 13.8 Å². The van der Waals surface area contributed by atoms with Crippen molar-refractivity contribution in [3.63, 3.8) is 0 Å². The minimum Gasteiger partial charge on any atom is -0.147 e. The molecule has 0 aliphatic heterocycles. The molecule has 0 saturated heterocycles. The molecule has 0 radical (unpaired) electrons. The maximum atomic E-state index is 4.95. The molecule has 0 N–H and O–H groups in total. The molecule has 0 saturated carbocycles.